The molecule has 0 radical (unpaired) electrons. The van der Waals surface area contributed by atoms with Gasteiger partial charge in [-0.1, -0.05) is 41.6 Å². The van der Waals surface area contributed by atoms with Crippen molar-refractivity contribution in [2.45, 2.75) is 38.5 Å². The largest absolute Gasteiger partial charge is 0.486 e. The van der Waals surface area contributed by atoms with E-state index in [9.17, 15) is 14.5 Å². The summed E-state index contributed by atoms with van der Waals surface area (Å²) in [4.78, 5) is 10.4. The second-order valence-corrected chi connectivity index (χ2v) is 6.27. The standard InChI is InChI=1S/C15H19BrFNO3/c16-10-15(7-3-1-2-4-8-15)11-21-14-6-5-12(17)9-13(14)18(19)20/h5-6,9H,1-4,7-8,10-11H2. The van der Waals surface area contributed by atoms with Gasteiger partial charge in [0.1, 0.15) is 5.82 Å². The Labute approximate surface area is 132 Å². The van der Waals surface area contributed by atoms with Crippen LogP contribution in [0.3, 0.4) is 0 Å². The van der Waals surface area contributed by atoms with Gasteiger partial charge in [0, 0.05) is 10.7 Å². The molecule has 0 unspecified atom stereocenters. The zero-order valence-electron chi connectivity index (χ0n) is 11.8. The van der Waals surface area contributed by atoms with Gasteiger partial charge >= 0.3 is 5.69 Å². The van der Waals surface area contributed by atoms with Crippen molar-refractivity contribution < 1.29 is 14.1 Å². The molecule has 1 aromatic carbocycles. The summed E-state index contributed by atoms with van der Waals surface area (Å²) in [5, 5.41) is 11.8. The van der Waals surface area contributed by atoms with Crippen LogP contribution < -0.4 is 4.74 Å². The highest BCUT2D eigenvalue weighted by atomic mass is 79.9. The molecule has 0 aromatic heterocycles. The van der Waals surface area contributed by atoms with Crippen LogP contribution in [0.4, 0.5) is 10.1 Å². The quantitative estimate of drug-likeness (QED) is 0.327. The number of alkyl halides is 1. The van der Waals surface area contributed by atoms with E-state index in [-0.39, 0.29) is 16.9 Å². The van der Waals surface area contributed by atoms with Crippen molar-refractivity contribution in [2.75, 3.05) is 11.9 Å². The van der Waals surface area contributed by atoms with E-state index in [1.165, 1.54) is 25.0 Å². The molecule has 2 rings (SSSR count). The van der Waals surface area contributed by atoms with Crippen molar-refractivity contribution in [3.05, 3.63) is 34.1 Å². The monoisotopic (exact) mass is 359 g/mol. The van der Waals surface area contributed by atoms with Gasteiger partial charge in [0.05, 0.1) is 17.6 Å². The average Bonchev–Trinajstić information content (AvgIpc) is 2.72. The molecule has 1 aliphatic rings. The topological polar surface area (TPSA) is 52.4 Å². The molecule has 0 spiro atoms. The van der Waals surface area contributed by atoms with E-state index in [0.717, 1.165) is 37.1 Å². The third kappa shape index (κ3) is 4.15. The Hall–Kier alpha value is -1.17. The van der Waals surface area contributed by atoms with Gasteiger partial charge < -0.3 is 4.74 Å². The number of nitro groups is 1. The van der Waals surface area contributed by atoms with Gasteiger partial charge in [-0.25, -0.2) is 4.39 Å². The SMILES string of the molecule is O=[N+]([O-])c1cc(F)ccc1OCC1(CBr)CCCCCC1. The van der Waals surface area contributed by atoms with E-state index in [4.69, 9.17) is 4.74 Å². The minimum absolute atomic E-state index is 0.0127. The van der Waals surface area contributed by atoms with Gasteiger partial charge in [0.25, 0.3) is 0 Å². The molecule has 0 N–H and O–H groups in total. The molecule has 4 nitrogen and oxygen atoms in total. The van der Waals surface area contributed by atoms with Crippen molar-refractivity contribution in [2.24, 2.45) is 5.41 Å². The average molecular weight is 360 g/mol. The molecule has 0 heterocycles. The van der Waals surface area contributed by atoms with Gasteiger partial charge in [0.2, 0.25) is 0 Å². The Morgan fingerprint density at radius 3 is 2.52 bits per heavy atom. The summed E-state index contributed by atoms with van der Waals surface area (Å²) in [6.45, 7) is 0.421. The van der Waals surface area contributed by atoms with E-state index in [1.54, 1.807) is 0 Å². The Morgan fingerprint density at radius 2 is 1.95 bits per heavy atom. The van der Waals surface area contributed by atoms with Gasteiger partial charge in [-0.15, -0.1) is 0 Å². The smallest absolute Gasteiger partial charge is 0.313 e. The summed E-state index contributed by atoms with van der Waals surface area (Å²) in [5.41, 5.74) is -0.299. The molecule has 6 heteroatoms. The molecular formula is C15H19BrFNO3. The lowest BCUT2D eigenvalue weighted by atomic mass is 9.83. The lowest BCUT2D eigenvalue weighted by Crippen LogP contribution is -2.30. The number of nitrogens with zero attached hydrogens (tertiary/aromatic N) is 1. The molecule has 1 aromatic rings. The van der Waals surface area contributed by atoms with Crippen LogP contribution in [0.1, 0.15) is 38.5 Å². The van der Waals surface area contributed by atoms with Crippen molar-refractivity contribution in [3.63, 3.8) is 0 Å². The summed E-state index contributed by atoms with van der Waals surface area (Å²) in [6.07, 6.45) is 6.86. The minimum Gasteiger partial charge on any atom is -0.486 e. The van der Waals surface area contributed by atoms with Crippen LogP contribution in [-0.4, -0.2) is 16.9 Å². The fourth-order valence-electron chi connectivity index (χ4n) is 2.78. The molecule has 1 aliphatic carbocycles. The predicted octanol–water partition coefficient (Wildman–Crippen LogP) is 4.85. The summed E-state index contributed by atoms with van der Waals surface area (Å²) < 4.78 is 18.8. The van der Waals surface area contributed by atoms with Crippen LogP contribution in [-0.2, 0) is 0 Å². The third-order valence-corrected chi connectivity index (χ3v) is 5.29. The van der Waals surface area contributed by atoms with Gasteiger partial charge in [-0.05, 0) is 25.0 Å². The van der Waals surface area contributed by atoms with Crippen molar-refractivity contribution in [1.82, 2.24) is 0 Å². The van der Waals surface area contributed by atoms with Gasteiger partial charge in [0.15, 0.2) is 5.75 Å². The Balaban J connectivity index is 2.12. The van der Waals surface area contributed by atoms with E-state index < -0.39 is 10.7 Å². The van der Waals surface area contributed by atoms with Crippen LogP contribution in [0, 0.1) is 21.3 Å². The van der Waals surface area contributed by atoms with Crippen LogP contribution in [0.15, 0.2) is 18.2 Å². The molecule has 1 saturated carbocycles. The summed E-state index contributed by atoms with van der Waals surface area (Å²) >= 11 is 3.56. The van der Waals surface area contributed by atoms with Crippen LogP contribution in [0.5, 0.6) is 5.75 Å². The van der Waals surface area contributed by atoms with Crippen molar-refractivity contribution in [1.29, 1.82) is 0 Å². The summed E-state index contributed by atoms with van der Waals surface area (Å²) in [6, 6.07) is 3.44. The number of benzene rings is 1. The number of hydrogen-bond acceptors (Lipinski definition) is 3. The summed E-state index contributed by atoms with van der Waals surface area (Å²) in [7, 11) is 0. The number of hydrogen-bond donors (Lipinski definition) is 0. The third-order valence-electron chi connectivity index (χ3n) is 4.10. The number of ether oxygens (including phenoxy) is 1. The fraction of sp³-hybridized carbons (Fsp3) is 0.600. The molecule has 21 heavy (non-hydrogen) atoms. The highest BCUT2D eigenvalue weighted by molar-refractivity contribution is 9.09. The normalized spacial score (nSPS) is 18.0. The van der Waals surface area contributed by atoms with Gasteiger partial charge in [-0.2, -0.15) is 0 Å². The highest BCUT2D eigenvalue weighted by Gasteiger charge is 2.31. The van der Waals surface area contributed by atoms with E-state index >= 15 is 0 Å². The fourth-order valence-corrected chi connectivity index (χ4v) is 3.50. The number of rotatable bonds is 5. The maximum absolute atomic E-state index is 13.1. The zero-order valence-corrected chi connectivity index (χ0v) is 13.4. The minimum atomic E-state index is -0.626. The lowest BCUT2D eigenvalue weighted by Gasteiger charge is -2.30. The zero-order chi connectivity index (χ0) is 15.3. The molecule has 116 valence electrons. The van der Waals surface area contributed by atoms with E-state index in [2.05, 4.69) is 15.9 Å². The molecule has 1 fully saturated rings. The molecule has 0 saturated heterocycles. The first-order chi connectivity index (χ1) is 10.1. The van der Waals surface area contributed by atoms with Crippen LogP contribution >= 0.6 is 15.9 Å². The lowest BCUT2D eigenvalue weighted by molar-refractivity contribution is -0.386. The van der Waals surface area contributed by atoms with Crippen molar-refractivity contribution >= 4 is 21.6 Å². The molecule has 0 amide bonds. The molecular weight excluding hydrogens is 341 g/mol. The van der Waals surface area contributed by atoms with Crippen LogP contribution in [0.25, 0.3) is 0 Å². The Bertz CT molecular complexity index is 502. The Morgan fingerprint density at radius 1 is 1.29 bits per heavy atom. The number of nitro benzene ring substituents is 1. The van der Waals surface area contributed by atoms with Crippen LogP contribution in [0.2, 0.25) is 0 Å². The van der Waals surface area contributed by atoms with E-state index in [1.807, 2.05) is 0 Å². The maximum Gasteiger partial charge on any atom is 0.313 e. The summed E-state index contributed by atoms with van der Waals surface area (Å²) in [5.74, 6) is -0.482. The molecule has 0 aliphatic heterocycles. The molecule has 0 bridgehead atoms. The van der Waals surface area contributed by atoms with E-state index in [0.29, 0.717) is 6.61 Å². The second-order valence-electron chi connectivity index (χ2n) is 5.71. The van der Waals surface area contributed by atoms with Gasteiger partial charge in [-0.3, -0.25) is 10.1 Å². The first-order valence-corrected chi connectivity index (χ1v) is 8.31. The Kier molecular flexibility index (Phi) is 5.56. The first-order valence-electron chi connectivity index (χ1n) is 7.19. The number of halogens is 2. The van der Waals surface area contributed by atoms with Crippen molar-refractivity contribution in [3.8, 4) is 5.75 Å². The molecule has 0 atom stereocenters. The maximum atomic E-state index is 13.1. The highest BCUT2D eigenvalue weighted by Crippen LogP contribution is 2.38. The first kappa shape index (κ1) is 16.2. The predicted molar refractivity (Wildman–Crippen MR) is 82.5 cm³/mol. The second kappa shape index (κ2) is 7.20.